The minimum atomic E-state index is 0.920. The lowest BCUT2D eigenvalue weighted by atomic mass is 10.1. The number of hydrogen-bond acceptors (Lipinski definition) is 1. The normalized spacial score (nSPS) is 14.0. The van der Waals surface area contributed by atoms with Crippen LogP contribution in [-0.4, -0.2) is 11.1 Å². The molecule has 2 nitrogen and oxygen atoms in total. The van der Waals surface area contributed by atoms with Crippen LogP contribution >= 0.6 is 0 Å². The first-order valence-corrected chi connectivity index (χ1v) is 8.83. The summed E-state index contributed by atoms with van der Waals surface area (Å²) in [6.45, 7) is 4.10. The zero-order valence-electron chi connectivity index (χ0n) is 14.0. The highest BCUT2D eigenvalue weighted by Crippen LogP contribution is 2.01. The van der Waals surface area contributed by atoms with Crippen LogP contribution in [0, 0.1) is 0 Å². The summed E-state index contributed by atoms with van der Waals surface area (Å²) >= 11 is 0. The number of hydrogen-bond donors (Lipinski definition) is 0. The fourth-order valence-electron chi connectivity index (χ4n) is 3.12. The van der Waals surface area contributed by atoms with E-state index in [0.717, 1.165) is 31.3 Å². The van der Waals surface area contributed by atoms with Crippen LogP contribution in [0.25, 0.3) is 12.2 Å². The van der Waals surface area contributed by atoms with E-state index in [0.29, 0.717) is 0 Å². The predicted octanol–water partition coefficient (Wildman–Crippen LogP) is 2.98. The van der Waals surface area contributed by atoms with Gasteiger partial charge in [-0.1, -0.05) is 62.2 Å². The quantitative estimate of drug-likeness (QED) is 0.730. The van der Waals surface area contributed by atoms with Crippen LogP contribution < -0.4 is 15.9 Å². The van der Waals surface area contributed by atoms with E-state index in [9.17, 15) is 0 Å². The largest absolute Gasteiger partial charge is 0.343 e. The summed E-state index contributed by atoms with van der Waals surface area (Å²) < 4.78 is 2.35. The number of pyridine rings is 1. The molecule has 1 aliphatic carbocycles. The van der Waals surface area contributed by atoms with Gasteiger partial charge in [-0.05, 0) is 30.9 Å². The zero-order chi connectivity index (χ0) is 15.9. The molecule has 2 aromatic rings. The monoisotopic (exact) mass is 306 g/mol. The molecular weight excluding hydrogens is 280 g/mol. The summed E-state index contributed by atoms with van der Waals surface area (Å²) in [4.78, 5) is 4.84. The van der Waals surface area contributed by atoms with Crippen molar-refractivity contribution in [1.29, 1.82) is 0 Å². The first-order chi connectivity index (χ1) is 11.4. The van der Waals surface area contributed by atoms with Gasteiger partial charge in [0.25, 0.3) is 0 Å². The second-order valence-corrected chi connectivity index (χ2v) is 6.19. The number of aromatic nitrogens is 1. The minimum Gasteiger partial charge on any atom is -0.343 e. The topological polar surface area (TPSA) is 17.3 Å². The lowest BCUT2D eigenvalue weighted by Crippen LogP contribution is -2.46. The van der Waals surface area contributed by atoms with Crippen LogP contribution in [0.1, 0.15) is 44.6 Å². The average molecular weight is 306 g/mol. The second kappa shape index (κ2) is 7.96. The number of benzene rings is 1. The van der Waals surface area contributed by atoms with Crippen molar-refractivity contribution in [2.75, 3.05) is 6.54 Å². The highest BCUT2D eigenvalue weighted by Gasteiger charge is 2.02. The maximum atomic E-state index is 4.84. The summed E-state index contributed by atoms with van der Waals surface area (Å²) in [6, 6.07) is 12.8. The summed E-state index contributed by atoms with van der Waals surface area (Å²) in [5.74, 6) is 0. The van der Waals surface area contributed by atoms with E-state index in [1.807, 2.05) is 0 Å². The minimum absolute atomic E-state index is 0.920. The predicted molar refractivity (Wildman–Crippen MR) is 97.3 cm³/mol. The van der Waals surface area contributed by atoms with Crippen molar-refractivity contribution in [2.24, 2.45) is 4.99 Å². The molecule has 0 radical (unpaired) electrons. The van der Waals surface area contributed by atoms with E-state index >= 15 is 0 Å². The van der Waals surface area contributed by atoms with E-state index in [-0.39, 0.29) is 0 Å². The Morgan fingerprint density at radius 1 is 1.00 bits per heavy atom. The lowest BCUT2D eigenvalue weighted by Gasteiger charge is -2.12. The van der Waals surface area contributed by atoms with Crippen LogP contribution in [0.3, 0.4) is 0 Å². The smallest absolute Gasteiger partial charge is 0.0678 e. The Morgan fingerprint density at radius 3 is 2.65 bits per heavy atom. The molecule has 1 aromatic heterocycles. The van der Waals surface area contributed by atoms with Gasteiger partial charge < -0.3 is 4.57 Å². The van der Waals surface area contributed by atoms with Crippen LogP contribution in [0.5, 0.6) is 0 Å². The van der Waals surface area contributed by atoms with Crippen LogP contribution in [-0.2, 0) is 6.54 Å². The molecule has 1 aromatic carbocycles. The van der Waals surface area contributed by atoms with Crippen molar-refractivity contribution < 1.29 is 0 Å². The molecule has 0 atom stereocenters. The SMILES string of the molecule is CCCCC/N=c1\ccn(Cc2ccccc2)c2c1=CCCC=2. The van der Waals surface area contributed by atoms with Gasteiger partial charge in [0.2, 0.25) is 0 Å². The van der Waals surface area contributed by atoms with E-state index in [1.54, 1.807) is 0 Å². The first kappa shape index (κ1) is 15.8. The molecule has 120 valence electrons. The highest BCUT2D eigenvalue weighted by atomic mass is 14.9. The molecule has 0 unspecified atom stereocenters. The highest BCUT2D eigenvalue weighted by molar-refractivity contribution is 5.35. The van der Waals surface area contributed by atoms with Crippen molar-refractivity contribution >= 4 is 12.2 Å². The van der Waals surface area contributed by atoms with Crippen molar-refractivity contribution in [2.45, 2.75) is 45.6 Å². The Balaban J connectivity index is 1.95. The Bertz CT molecular complexity index is 813. The maximum Gasteiger partial charge on any atom is 0.0678 e. The molecule has 0 aliphatic heterocycles. The van der Waals surface area contributed by atoms with Crippen LogP contribution in [0.4, 0.5) is 0 Å². The summed E-state index contributed by atoms with van der Waals surface area (Å²) in [7, 11) is 0. The van der Waals surface area contributed by atoms with E-state index in [4.69, 9.17) is 4.99 Å². The van der Waals surface area contributed by atoms with Crippen LogP contribution in [0.2, 0.25) is 0 Å². The molecule has 2 heteroatoms. The Kier molecular flexibility index (Phi) is 5.46. The van der Waals surface area contributed by atoms with Gasteiger partial charge in [-0.3, -0.25) is 4.99 Å². The van der Waals surface area contributed by atoms with Crippen molar-refractivity contribution in [3.8, 4) is 0 Å². The molecule has 0 fully saturated rings. The van der Waals surface area contributed by atoms with Gasteiger partial charge in [-0.15, -0.1) is 0 Å². The van der Waals surface area contributed by atoms with E-state index < -0.39 is 0 Å². The number of fused-ring (bicyclic) bond motifs is 1. The maximum absolute atomic E-state index is 4.84. The molecule has 0 spiro atoms. The molecule has 0 saturated heterocycles. The lowest BCUT2D eigenvalue weighted by molar-refractivity contribution is 0.713. The molecule has 23 heavy (non-hydrogen) atoms. The van der Waals surface area contributed by atoms with Crippen molar-refractivity contribution in [3.05, 3.63) is 64.1 Å². The first-order valence-electron chi connectivity index (χ1n) is 8.83. The van der Waals surface area contributed by atoms with Crippen molar-refractivity contribution in [1.82, 2.24) is 4.57 Å². The van der Waals surface area contributed by atoms with Gasteiger partial charge in [-0.25, -0.2) is 0 Å². The molecule has 3 rings (SSSR count). The molecule has 0 bridgehead atoms. The molecule has 1 aliphatic rings. The van der Waals surface area contributed by atoms with Gasteiger partial charge in [-0.2, -0.15) is 0 Å². The van der Waals surface area contributed by atoms with Gasteiger partial charge >= 0.3 is 0 Å². The third-order valence-corrected chi connectivity index (χ3v) is 4.37. The number of rotatable bonds is 6. The van der Waals surface area contributed by atoms with Gasteiger partial charge in [0.15, 0.2) is 0 Å². The fourth-order valence-corrected chi connectivity index (χ4v) is 3.12. The summed E-state index contributed by atoms with van der Waals surface area (Å²) in [6.07, 6.45) is 12.9. The zero-order valence-corrected chi connectivity index (χ0v) is 14.0. The molecule has 0 amide bonds. The van der Waals surface area contributed by atoms with Crippen LogP contribution in [0.15, 0.2) is 47.6 Å². The fraction of sp³-hybridized carbons (Fsp3) is 0.381. The third-order valence-electron chi connectivity index (χ3n) is 4.37. The standard InChI is InChI=1S/C21H26N2/c1-2-3-9-15-22-20-14-16-23(17-18-10-5-4-6-11-18)21-13-8-7-12-19(20)21/h4-6,10-14,16H,2-3,7-9,15,17H2,1H3/b22-20+. The third kappa shape index (κ3) is 4.01. The van der Waals surface area contributed by atoms with Crippen molar-refractivity contribution in [3.63, 3.8) is 0 Å². The number of nitrogens with zero attached hydrogens (tertiary/aromatic N) is 2. The Labute approximate surface area is 138 Å². The molecular formula is C21H26N2. The number of unbranched alkanes of at least 4 members (excludes halogenated alkanes) is 2. The second-order valence-electron chi connectivity index (χ2n) is 6.19. The molecule has 0 saturated carbocycles. The van der Waals surface area contributed by atoms with E-state index in [1.165, 1.54) is 35.4 Å². The summed E-state index contributed by atoms with van der Waals surface area (Å²) in [5.41, 5.74) is 1.34. The van der Waals surface area contributed by atoms with Gasteiger partial charge in [0, 0.05) is 29.9 Å². The molecule has 0 N–H and O–H groups in total. The molecule has 1 heterocycles. The Morgan fingerprint density at radius 2 is 1.83 bits per heavy atom. The van der Waals surface area contributed by atoms with Gasteiger partial charge in [0.05, 0.1) is 5.36 Å². The Hall–Kier alpha value is -2.09. The summed E-state index contributed by atoms with van der Waals surface area (Å²) in [5, 5.41) is 3.82. The average Bonchev–Trinajstić information content (AvgIpc) is 2.61. The van der Waals surface area contributed by atoms with E-state index in [2.05, 4.69) is 66.2 Å². The van der Waals surface area contributed by atoms with Gasteiger partial charge in [0.1, 0.15) is 0 Å².